The molecule has 0 saturated carbocycles. The first-order chi connectivity index (χ1) is 7.79. The number of hydrogen-bond acceptors (Lipinski definition) is 2. The number of aryl methyl sites for hydroxylation is 1. The van der Waals surface area contributed by atoms with Crippen LogP contribution in [-0.4, -0.2) is 15.9 Å². The summed E-state index contributed by atoms with van der Waals surface area (Å²) in [6, 6.07) is 6.13. The van der Waals surface area contributed by atoms with Crippen molar-refractivity contribution in [1.82, 2.24) is 4.98 Å². The zero-order valence-corrected chi connectivity index (χ0v) is 10.2. The highest BCUT2D eigenvalue weighted by atomic mass is 79.9. The fraction of sp³-hybridized carbons (Fsp3) is 0.250. The molecule has 4 heteroatoms. The molecule has 0 spiro atoms. The lowest BCUT2D eigenvalue weighted by Gasteiger charge is -2.12. The molecule has 0 bridgehead atoms. The molecule has 16 heavy (non-hydrogen) atoms. The van der Waals surface area contributed by atoms with Gasteiger partial charge in [-0.05, 0) is 37.5 Å². The molecule has 0 saturated heterocycles. The SMILES string of the molecule is O/N=C1\CCCc2[nH]c3ccc(Br)cc3c21. The summed E-state index contributed by atoms with van der Waals surface area (Å²) in [6.07, 6.45) is 2.92. The quantitative estimate of drug-likeness (QED) is 0.563. The van der Waals surface area contributed by atoms with Gasteiger partial charge in [-0.2, -0.15) is 0 Å². The Morgan fingerprint density at radius 1 is 1.31 bits per heavy atom. The first-order valence-corrected chi connectivity index (χ1v) is 6.10. The van der Waals surface area contributed by atoms with Crippen molar-refractivity contribution in [3.05, 3.63) is 33.9 Å². The van der Waals surface area contributed by atoms with Crippen LogP contribution in [-0.2, 0) is 6.42 Å². The first-order valence-electron chi connectivity index (χ1n) is 5.31. The monoisotopic (exact) mass is 278 g/mol. The van der Waals surface area contributed by atoms with Crippen molar-refractivity contribution in [3.8, 4) is 0 Å². The van der Waals surface area contributed by atoms with Gasteiger partial charge in [0, 0.05) is 26.6 Å². The lowest BCUT2D eigenvalue weighted by atomic mass is 9.94. The number of aromatic amines is 1. The lowest BCUT2D eigenvalue weighted by molar-refractivity contribution is 0.317. The topological polar surface area (TPSA) is 48.4 Å². The van der Waals surface area contributed by atoms with Gasteiger partial charge in [-0.3, -0.25) is 0 Å². The molecule has 0 fully saturated rings. The summed E-state index contributed by atoms with van der Waals surface area (Å²) in [6.45, 7) is 0. The molecule has 0 aliphatic heterocycles. The van der Waals surface area contributed by atoms with Crippen molar-refractivity contribution in [3.63, 3.8) is 0 Å². The van der Waals surface area contributed by atoms with Gasteiger partial charge in [-0.15, -0.1) is 0 Å². The van der Waals surface area contributed by atoms with E-state index >= 15 is 0 Å². The maximum Gasteiger partial charge on any atom is 0.0892 e. The number of hydrogen-bond donors (Lipinski definition) is 2. The number of benzene rings is 1. The van der Waals surface area contributed by atoms with E-state index in [-0.39, 0.29) is 0 Å². The van der Waals surface area contributed by atoms with Crippen LogP contribution in [0.1, 0.15) is 24.1 Å². The summed E-state index contributed by atoms with van der Waals surface area (Å²) in [5.74, 6) is 0. The molecular weight excluding hydrogens is 268 g/mol. The van der Waals surface area contributed by atoms with Gasteiger partial charge in [-0.25, -0.2) is 0 Å². The molecule has 0 amide bonds. The molecule has 1 aromatic carbocycles. The second-order valence-electron chi connectivity index (χ2n) is 4.07. The lowest BCUT2D eigenvalue weighted by Crippen LogP contribution is -2.10. The number of aromatic nitrogens is 1. The summed E-state index contributed by atoms with van der Waals surface area (Å²) < 4.78 is 1.05. The summed E-state index contributed by atoms with van der Waals surface area (Å²) in [4.78, 5) is 3.39. The summed E-state index contributed by atoms with van der Waals surface area (Å²) in [5.41, 5.74) is 4.18. The minimum absolute atomic E-state index is 0.797. The van der Waals surface area contributed by atoms with E-state index < -0.39 is 0 Å². The fourth-order valence-corrected chi connectivity index (χ4v) is 2.76. The van der Waals surface area contributed by atoms with Crippen molar-refractivity contribution >= 4 is 32.5 Å². The van der Waals surface area contributed by atoms with E-state index in [9.17, 15) is 0 Å². The molecule has 1 heterocycles. The van der Waals surface area contributed by atoms with Gasteiger partial charge >= 0.3 is 0 Å². The van der Waals surface area contributed by atoms with Gasteiger partial charge in [-0.1, -0.05) is 21.1 Å². The van der Waals surface area contributed by atoms with E-state index in [4.69, 9.17) is 5.21 Å². The maximum absolute atomic E-state index is 9.05. The summed E-state index contributed by atoms with van der Waals surface area (Å²) in [7, 11) is 0. The van der Waals surface area contributed by atoms with Gasteiger partial charge in [0.2, 0.25) is 0 Å². The third-order valence-electron chi connectivity index (χ3n) is 3.09. The van der Waals surface area contributed by atoms with E-state index in [1.807, 2.05) is 12.1 Å². The second-order valence-corrected chi connectivity index (χ2v) is 4.98. The number of halogens is 1. The highest BCUT2D eigenvalue weighted by Gasteiger charge is 2.21. The molecule has 0 radical (unpaired) electrons. The number of nitrogens with zero attached hydrogens (tertiary/aromatic N) is 1. The molecule has 3 rings (SSSR count). The van der Waals surface area contributed by atoms with Gasteiger partial charge in [0.25, 0.3) is 0 Å². The minimum atomic E-state index is 0.797. The van der Waals surface area contributed by atoms with Crippen molar-refractivity contribution in [2.75, 3.05) is 0 Å². The van der Waals surface area contributed by atoms with Crippen LogP contribution in [0.3, 0.4) is 0 Å². The fourth-order valence-electron chi connectivity index (χ4n) is 2.39. The van der Waals surface area contributed by atoms with E-state index in [0.717, 1.165) is 45.9 Å². The van der Waals surface area contributed by atoms with Crippen LogP contribution in [0.2, 0.25) is 0 Å². The standard InChI is InChI=1S/C12H11BrN2O/c13-7-4-5-9-8(6-7)12-10(14-9)2-1-3-11(12)15-16/h4-6,14,16H,1-3H2/b15-11+. The van der Waals surface area contributed by atoms with Crippen LogP contribution >= 0.6 is 15.9 Å². The predicted octanol–water partition coefficient (Wildman–Crippen LogP) is 3.45. The first kappa shape index (κ1) is 9.90. The van der Waals surface area contributed by atoms with E-state index in [0.29, 0.717) is 0 Å². The van der Waals surface area contributed by atoms with E-state index in [2.05, 4.69) is 32.1 Å². The Balaban J connectivity index is 2.36. The number of fused-ring (bicyclic) bond motifs is 3. The molecule has 2 N–H and O–H groups in total. The second kappa shape index (κ2) is 3.63. The van der Waals surface area contributed by atoms with Gasteiger partial charge in [0.15, 0.2) is 0 Å². The molecular formula is C12H11BrN2O. The molecule has 2 aromatic rings. The van der Waals surface area contributed by atoms with Crippen molar-refractivity contribution < 1.29 is 5.21 Å². The van der Waals surface area contributed by atoms with E-state index in [1.165, 1.54) is 5.69 Å². The molecule has 1 aromatic heterocycles. The number of H-pyrrole nitrogens is 1. The Morgan fingerprint density at radius 3 is 3.00 bits per heavy atom. The zero-order chi connectivity index (χ0) is 11.1. The molecule has 0 unspecified atom stereocenters. The average molecular weight is 279 g/mol. The Labute approximate surface area is 101 Å². The third kappa shape index (κ3) is 1.37. The van der Waals surface area contributed by atoms with Crippen LogP contribution in [0, 0.1) is 0 Å². The highest BCUT2D eigenvalue weighted by Crippen LogP contribution is 2.31. The predicted molar refractivity (Wildman–Crippen MR) is 67.3 cm³/mol. The molecule has 1 aliphatic rings. The third-order valence-corrected chi connectivity index (χ3v) is 3.58. The van der Waals surface area contributed by atoms with Crippen molar-refractivity contribution in [2.24, 2.45) is 5.16 Å². The largest absolute Gasteiger partial charge is 0.411 e. The smallest absolute Gasteiger partial charge is 0.0892 e. The Kier molecular flexibility index (Phi) is 2.24. The van der Waals surface area contributed by atoms with Crippen LogP contribution in [0.15, 0.2) is 27.8 Å². The molecule has 3 nitrogen and oxygen atoms in total. The number of oxime groups is 1. The van der Waals surface area contributed by atoms with Crippen molar-refractivity contribution in [2.45, 2.75) is 19.3 Å². The number of nitrogens with one attached hydrogen (secondary N) is 1. The summed E-state index contributed by atoms with van der Waals surface area (Å²) >= 11 is 3.47. The molecule has 82 valence electrons. The Bertz CT molecular complexity index is 586. The van der Waals surface area contributed by atoms with Crippen molar-refractivity contribution in [1.29, 1.82) is 0 Å². The Hall–Kier alpha value is -1.29. The van der Waals surface area contributed by atoms with Gasteiger partial charge < -0.3 is 10.2 Å². The highest BCUT2D eigenvalue weighted by molar-refractivity contribution is 9.10. The zero-order valence-electron chi connectivity index (χ0n) is 8.63. The number of rotatable bonds is 0. The molecule has 0 atom stereocenters. The van der Waals surface area contributed by atoms with Crippen LogP contribution in [0.4, 0.5) is 0 Å². The normalized spacial score (nSPS) is 17.9. The average Bonchev–Trinajstić information content (AvgIpc) is 2.66. The Morgan fingerprint density at radius 2 is 2.19 bits per heavy atom. The van der Waals surface area contributed by atoms with Crippen LogP contribution < -0.4 is 0 Å². The molecule has 1 aliphatic carbocycles. The van der Waals surface area contributed by atoms with Crippen LogP contribution in [0.5, 0.6) is 0 Å². The van der Waals surface area contributed by atoms with E-state index in [1.54, 1.807) is 0 Å². The van der Waals surface area contributed by atoms with Crippen LogP contribution in [0.25, 0.3) is 10.9 Å². The maximum atomic E-state index is 9.05. The summed E-state index contributed by atoms with van der Waals surface area (Å²) in [5, 5.41) is 13.6. The van der Waals surface area contributed by atoms with Gasteiger partial charge in [0.1, 0.15) is 0 Å². The van der Waals surface area contributed by atoms with Gasteiger partial charge in [0.05, 0.1) is 5.71 Å². The minimum Gasteiger partial charge on any atom is -0.411 e.